The van der Waals surface area contributed by atoms with Gasteiger partial charge in [0.25, 0.3) is 0 Å². The van der Waals surface area contributed by atoms with E-state index in [-0.39, 0.29) is 18.1 Å². The van der Waals surface area contributed by atoms with Crippen molar-refractivity contribution in [3.63, 3.8) is 0 Å². The number of morpholine rings is 1. The van der Waals surface area contributed by atoms with Gasteiger partial charge >= 0.3 is 0 Å². The molecule has 21 heavy (non-hydrogen) atoms. The predicted octanol–water partition coefficient (Wildman–Crippen LogP) is 1.88. The molecule has 2 atom stereocenters. The number of anilines is 2. The maximum atomic E-state index is 12.1. The molecule has 116 valence electrons. The van der Waals surface area contributed by atoms with Gasteiger partial charge in [-0.25, -0.2) is 0 Å². The number of nitrogens with one attached hydrogen (secondary N) is 1. The van der Waals surface area contributed by atoms with E-state index in [4.69, 9.17) is 10.5 Å². The van der Waals surface area contributed by atoms with Gasteiger partial charge in [0.05, 0.1) is 18.8 Å². The van der Waals surface area contributed by atoms with Gasteiger partial charge in [-0.1, -0.05) is 13.0 Å². The summed E-state index contributed by atoms with van der Waals surface area (Å²) in [6.07, 6.45) is 1.23. The highest BCUT2D eigenvalue weighted by molar-refractivity contribution is 5.92. The first-order valence-electron chi connectivity index (χ1n) is 7.54. The van der Waals surface area contributed by atoms with E-state index in [2.05, 4.69) is 17.1 Å². The number of nitrogens with zero attached hydrogens (tertiary/aromatic N) is 1. The van der Waals surface area contributed by atoms with E-state index < -0.39 is 0 Å². The number of nitrogen functional groups attached to an aromatic ring is 1. The topological polar surface area (TPSA) is 67.6 Å². The van der Waals surface area contributed by atoms with E-state index in [1.54, 1.807) is 0 Å². The molecule has 1 aromatic rings. The van der Waals surface area contributed by atoms with E-state index in [0.29, 0.717) is 6.54 Å². The van der Waals surface area contributed by atoms with Gasteiger partial charge in [-0.3, -0.25) is 9.69 Å². The lowest BCUT2D eigenvalue weighted by Gasteiger charge is -2.34. The summed E-state index contributed by atoms with van der Waals surface area (Å²) in [5, 5.41) is 2.91. The highest BCUT2D eigenvalue weighted by atomic mass is 16.5. The molecule has 1 fully saturated rings. The Morgan fingerprint density at radius 3 is 2.62 bits per heavy atom. The fourth-order valence-corrected chi connectivity index (χ4v) is 2.81. The van der Waals surface area contributed by atoms with Crippen molar-refractivity contribution in [3.05, 3.63) is 23.8 Å². The molecule has 2 unspecified atom stereocenters. The Balaban J connectivity index is 1.91. The summed E-state index contributed by atoms with van der Waals surface area (Å²) in [4.78, 5) is 14.2. The lowest BCUT2D eigenvalue weighted by molar-refractivity contribution is -0.121. The second-order valence-corrected chi connectivity index (χ2v) is 5.77. The maximum absolute atomic E-state index is 12.1. The van der Waals surface area contributed by atoms with Gasteiger partial charge in [0.2, 0.25) is 5.91 Å². The predicted molar refractivity (Wildman–Crippen MR) is 85.3 cm³/mol. The second-order valence-electron chi connectivity index (χ2n) is 5.77. The zero-order valence-electron chi connectivity index (χ0n) is 13.1. The van der Waals surface area contributed by atoms with Crippen LogP contribution in [-0.2, 0) is 16.0 Å². The first-order valence-corrected chi connectivity index (χ1v) is 7.54. The molecule has 2 rings (SSSR count). The van der Waals surface area contributed by atoms with Gasteiger partial charge in [0.15, 0.2) is 0 Å². The van der Waals surface area contributed by atoms with Crippen LogP contribution in [0.2, 0.25) is 0 Å². The van der Waals surface area contributed by atoms with E-state index in [9.17, 15) is 4.79 Å². The highest BCUT2D eigenvalue weighted by Gasteiger charge is 2.23. The lowest BCUT2D eigenvalue weighted by atomic mass is 10.1. The molecule has 0 radical (unpaired) electrons. The molecule has 1 amide bonds. The minimum atomic E-state index is -0.0139. The summed E-state index contributed by atoms with van der Waals surface area (Å²) in [5.41, 5.74) is 8.53. The third kappa shape index (κ3) is 4.44. The van der Waals surface area contributed by atoms with Gasteiger partial charge < -0.3 is 15.8 Å². The Kier molecular flexibility index (Phi) is 5.20. The standard InChI is InChI=1S/C16H25N3O2/c1-4-13-5-6-14(7-15(13)17)18-16(20)10-19-8-11(2)21-12(3)9-19/h5-7,11-12H,4,8-10,17H2,1-3H3,(H,18,20). The van der Waals surface area contributed by atoms with Gasteiger partial charge in [0, 0.05) is 24.5 Å². The molecular weight excluding hydrogens is 266 g/mol. The molecule has 1 aliphatic rings. The summed E-state index contributed by atoms with van der Waals surface area (Å²) >= 11 is 0. The van der Waals surface area contributed by atoms with Crippen LogP contribution in [0.15, 0.2) is 18.2 Å². The number of carbonyl (C=O) groups is 1. The Bertz CT molecular complexity index is 494. The van der Waals surface area contributed by atoms with E-state index in [0.717, 1.165) is 36.4 Å². The van der Waals surface area contributed by atoms with Gasteiger partial charge in [-0.15, -0.1) is 0 Å². The normalized spacial score (nSPS) is 23.0. The maximum Gasteiger partial charge on any atom is 0.238 e. The molecule has 1 heterocycles. The fourth-order valence-electron chi connectivity index (χ4n) is 2.81. The van der Waals surface area contributed by atoms with Crippen LogP contribution in [-0.4, -0.2) is 42.6 Å². The van der Waals surface area contributed by atoms with Crippen LogP contribution in [0.3, 0.4) is 0 Å². The van der Waals surface area contributed by atoms with Gasteiger partial charge in [0.1, 0.15) is 0 Å². The summed E-state index contributed by atoms with van der Waals surface area (Å²) < 4.78 is 5.67. The molecule has 5 nitrogen and oxygen atoms in total. The summed E-state index contributed by atoms with van der Waals surface area (Å²) in [7, 11) is 0. The zero-order valence-corrected chi connectivity index (χ0v) is 13.1. The monoisotopic (exact) mass is 291 g/mol. The van der Waals surface area contributed by atoms with Crippen molar-refractivity contribution in [2.24, 2.45) is 0 Å². The van der Waals surface area contributed by atoms with Crippen LogP contribution < -0.4 is 11.1 Å². The summed E-state index contributed by atoms with van der Waals surface area (Å²) in [6.45, 7) is 8.08. The number of ether oxygens (including phenoxy) is 1. The van der Waals surface area contributed by atoms with Crippen LogP contribution in [0.1, 0.15) is 26.3 Å². The molecule has 0 spiro atoms. The Morgan fingerprint density at radius 1 is 1.38 bits per heavy atom. The highest BCUT2D eigenvalue weighted by Crippen LogP contribution is 2.18. The third-order valence-corrected chi connectivity index (χ3v) is 3.67. The number of carbonyl (C=O) groups excluding carboxylic acids is 1. The van der Waals surface area contributed by atoms with Gasteiger partial charge in [-0.05, 0) is 38.0 Å². The van der Waals surface area contributed by atoms with Crippen LogP contribution in [0.5, 0.6) is 0 Å². The molecule has 5 heteroatoms. The average Bonchev–Trinajstić information content (AvgIpc) is 2.37. The first-order chi connectivity index (χ1) is 9.97. The minimum Gasteiger partial charge on any atom is -0.398 e. The quantitative estimate of drug-likeness (QED) is 0.831. The molecule has 1 saturated heterocycles. The smallest absolute Gasteiger partial charge is 0.238 e. The average molecular weight is 291 g/mol. The zero-order chi connectivity index (χ0) is 15.4. The van der Waals surface area contributed by atoms with Crippen LogP contribution >= 0.6 is 0 Å². The van der Waals surface area contributed by atoms with Crippen molar-refractivity contribution in [2.75, 3.05) is 30.7 Å². The van der Waals surface area contributed by atoms with Crippen LogP contribution in [0.25, 0.3) is 0 Å². The number of hydrogen-bond donors (Lipinski definition) is 2. The number of rotatable bonds is 4. The number of hydrogen-bond acceptors (Lipinski definition) is 4. The van der Waals surface area contributed by atoms with Crippen LogP contribution in [0, 0.1) is 0 Å². The fraction of sp³-hybridized carbons (Fsp3) is 0.562. The van der Waals surface area contributed by atoms with Crippen molar-refractivity contribution in [1.82, 2.24) is 4.90 Å². The van der Waals surface area contributed by atoms with Crippen LogP contribution in [0.4, 0.5) is 11.4 Å². The van der Waals surface area contributed by atoms with Gasteiger partial charge in [-0.2, -0.15) is 0 Å². The molecule has 0 aromatic heterocycles. The van der Waals surface area contributed by atoms with Crippen molar-refractivity contribution in [1.29, 1.82) is 0 Å². The van der Waals surface area contributed by atoms with E-state index in [1.807, 2.05) is 32.0 Å². The number of nitrogens with two attached hydrogens (primary N) is 1. The second kappa shape index (κ2) is 6.91. The first kappa shape index (κ1) is 15.8. The summed E-state index contributed by atoms with van der Waals surface area (Å²) in [6, 6.07) is 5.68. The largest absolute Gasteiger partial charge is 0.398 e. The van der Waals surface area contributed by atoms with Crippen molar-refractivity contribution >= 4 is 17.3 Å². The Labute approximate surface area is 126 Å². The minimum absolute atomic E-state index is 0.0139. The summed E-state index contributed by atoms with van der Waals surface area (Å²) in [5.74, 6) is -0.0139. The third-order valence-electron chi connectivity index (χ3n) is 3.67. The SMILES string of the molecule is CCc1ccc(NC(=O)CN2CC(C)OC(C)C2)cc1N. The Morgan fingerprint density at radius 2 is 2.05 bits per heavy atom. The molecule has 1 aliphatic heterocycles. The van der Waals surface area contributed by atoms with Crippen molar-refractivity contribution < 1.29 is 9.53 Å². The molecule has 3 N–H and O–H groups in total. The number of benzene rings is 1. The molecular formula is C16H25N3O2. The van der Waals surface area contributed by atoms with E-state index in [1.165, 1.54) is 0 Å². The number of aryl methyl sites for hydroxylation is 1. The number of amides is 1. The molecule has 0 bridgehead atoms. The Hall–Kier alpha value is -1.59. The van der Waals surface area contributed by atoms with Crippen molar-refractivity contribution in [3.8, 4) is 0 Å². The van der Waals surface area contributed by atoms with E-state index >= 15 is 0 Å². The molecule has 1 aromatic carbocycles. The molecule has 0 saturated carbocycles. The van der Waals surface area contributed by atoms with Crippen molar-refractivity contribution in [2.45, 2.75) is 39.4 Å². The molecule has 0 aliphatic carbocycles. The lowest BCUT2D eigenvalue weighted by Crippen LogP contribution is -2.48.